The quantitative estimate of drug-likeness (QED) is 0.625. The van der Waals surface area contributed by atoms with E-state index in [0.29, 0.717) is 38.5 Å². The molecule has 0 aromatic carbocycles. The fourth-order valence-electron chi connectivity index (χ4n) is 4.48. The van der Waals surface area contributed by atoms with E-state index in [9.17, 15) is 9.59 Å². The van der Waals surface area contributed by atoms with Crippen molar-refractivity contribution in [3.8, 4) is 0 Å². The van der Waals surface area contributed by atoms with Gasteiger partial charge in [0.2, 0.25) is 5.91 Å². The fourth-order valence-corrected chi connectivity index (χ4v) is 4.48. The molecular weight excluding hydrogens is 350 g/mol. The molecule has 0 spiro atoms. The monoisotopic (exact) mass is 379 g/mol. The molecule has 0 unspecified atom stereocenters. The van der Waals surface area contributed by atoms with Crippen LogP contribution in [0.5, 0.6) is 0 Å². The zero-order chi connectivity index (χ0) is 19.3. The number of amides is 1. The van der Waals surface area contributed by atoms with E-state index in [-0.39, 0.29) is 17.7 Å². The number of carboxylic acid groups (broad SMARTS) is 1. The summed E-state index contributed by atoms with van der Waals surface area (Å²) in [5.41, 5.74) is -0.103. The first-order chi connectivity index (χ1) is 13.0. The topological polar surface area (TPSA) is 101 Å². The molecule has 1 aromatic rings. The summed E-state index contributed by atoms with van der Waals surface area (Å²) in [4.78, 5) is 32.0. The lowest BCUT2D eigenvalue weighted by molar-refractivity contribution is -0.137. The molecule has 0 aliphatic carbocycles. The Hall–Kier alpha value is -2.00. The highest BCUT2D eigenvalue weighted by atomic mass is 16.5. The van der Waals surface area contributed by atoms with Gasteiger partial charge in [-0.3, -0.25) is 14.3 Å². The molecule has 150 valence electrons. The van der Waals surface area contributed by atoms with Crippen LogP contribution in [0.4, 0.5) is 0 Å². The number of methoxy groups -OCH3 is 1. The third-order valence-electron chi connectivity index (χ3n) is 5.88. The van der Waals surface area contributed by atoms with E-state index in [4.69, 9.17) is 9.84 Å². The van der Waals surface area contributed by atoms with Gasteiger partial charge in [-0.1, -0.05) is 0 Å². The van der Waals surface area contributed by atoms with E-state index in [2.05, 4.69) is 15.0 Å². The molecule has 2 atom stereocenters. The number of nitrogens with zero attached hydrogens (tertiary/aromatic N) is 5. The Morgan fingerprint density at radius 1 is 1.26 bits per heavy atom. The summed E-state index contributed by atoms with van der Waals surface area (Å²) in [6.45, 7) is 5.35. The SMILES string of the molecule is COCCN1C[C@H]2CN(C(=O)CCCn3cncn3)C[C@@]2(CCC(=O)O)C1. The van der Waals surface area contributed by atoms with Crippen LogP contribution in [0.3, 0.4) is 0 Å². The van der Waals surface area contributed by atoms with Crippen molar-refractivity contribution in [2.24, 2.45) is 11.3 Å². The van der Waals surface area contributed by atoms with Crippen molar-refractivity contribution in [2.75, 3.05) is 46.4 Å². The van der Waals surface area contributed by atoms with E-state index < -0.39 is 5.97 Å². The standard InChI is InChI=1S/C18H29N5O4/c1-27-8-7-21-9-15-10-22(12-18(15,11-21)5-4-17(25)26)16(24)3-2-6-23-14-19-13-20-23/h13-15H,2-12H2,1H3,(H,25,26)/t15-,18+/m0/s1. The van der Waals surface area contributed by atoms with Gasteiger partial charge >= 0.3 is 5.97 Å². The number of fused-ring (bicyclic) bond motifs is 1. The van der Waals surface area contributed by atoms with Gasteiger partial charge < -0.3 is 19.6 Å². The molecule has 2 aliphatic heterocycles. The molecular formula is C18H29N5O4. The molecule has 0 radical (unpaired) electrons. The van der Waals surface area contributed by atoms with Gasteiger partial charge in [-0.25, -0.2) is 4.98 Å². The fraction of sp³-hybridized carbons (Fsp3) is 0.778. The van der Waals surface area contributed by atoms with Gasteiger partial charge in [0, 0.05) is 64.6 Å². The highest BCUT2D eigenvalue weighted by molar-refractivity contribution is 5.76. The van der Waals surface area contributed by atoms with Gasteiger partial charge in [0.1, 0.15) is 12.7 Å². The van der Waals surface area contributed by atoms with Gasteiger partial charge in [0.25, 0.3) is 0 Å². The minimum absolute atomic E-state index is 0.103. The lowest BCUT2D eigenvalue weighted by Crippen LogP contribution is -2.38. The summed E-state index contributed by atoms with van der Waals surface area (Å²) < 4.78 is 6.91. The van der Waals surface area contributed by atoms with Crippen molar-refractivity contribution in [1.29, 1.82) is 0 Å². The molecule has 9 heteroatoms. The number of aliphatic carboxylic acids is 1. The molecule has 2 fully saturated rings. The lowest BCUT2D eigenvalue weighted by Gasteiger charge is -2.29. The Labute approximate surface area is 159 Å². The summed E-state index contributed by atoms with van der Waals surface area (Å²) in [5, 5.41) is 13.2. The minimum Gasteiger partial charge on any atom is -0.481 e. The summed E-state index contributed by atoms with van der Waals surface area (Å²) in [5.74, 6) is -0.272. The Bertz CT molecular complexity index is 638. The van der Waals surface area contributed by atoms with Crippen molar-refractivity contribution in [2.45, 2.75) is 32.2 Å². The van der Waals surface area contributed by atoms with Gasteiger partial charge in [0.15, 0.2) is 0 Å². The average molecular weight is 379 g/mol. The maximum Gasteiger partial charge on any atom is 0.303 e. The van der Waals surface area contributed by atoms with E-state index in [1.165, 1.54) is 6.33 Å². The van der Waals surface area contributed by atoms with Crippen LogP contribution in [0, 0.1) is 11.3 Å². The number of rotatable bonds is 10. The molecule has 3 rings (SSSR count). The zero-order valence-corrected chi connectivity index (χ0v) is 15.9. The van der Waals surface area contributed by atoms with E-state index in [1.54, 1.807) is 18.1 Å². The predicted molar refractivity (Wildman–Crippen MR) is 96.9 cm³/mol. The van der Waals surface area contributed by atoms with Gasteiger partial charge in [0.05, 0.1) is 6.61 Å². The first kappa shape index (κ1) is 19.8. The van der Waals surface area contributed by atoms with Crippen molar-refractivity contribution in [3.63, 3.8) is 0 Å². The van der Waals surface area contributed by atoms with E-state index in [0.717, 1.165) is 32.6 Å². The second kappa shape index (κ2) is 8.79. The van der Waals surface area contributed by atoms with Crippen LogP contribution in [0.25, 0.3) is 0 Å². The first-order valence-corrected chi connectivity index (χ1v) is 9.56. The normalized spacial score (nSPS) is 25.1. The van der Waals surface area contributed by atoms with Crippen molar-refractivity contribution in [1.82, 2.24) is 24.6 Å². The Kier molecular flexibility index (Phi) is 6.43. The molecule has 27 heavy (non-hydrogen) atoms. The number of aryl methyl sites for hydroxylation is 1. The number of likely N-dealkylation sites (tertiary alicyclic amines) is 2. The van der Waals surface area contributed by atoms with Crippen LogP contribution in [-0.2, 0) is 20.9 Å². The Balaban J connectivity index is 1.55. The zero-order valence-electron chi connectivity index (χ0n) is 15.9. The number of carbonyl (C=O) groups is 2. The average Bonchev–Trinajstić information content (AvgIpc) is 3.32. The molecule has 1 amide bonds. The maximum atomic E-state index is 12.7. The summed E-state index contributed by atoms with van der Waals surface area (Å²) in [6, 6.07) is 0. The number of hydrogen-bond acceptors (Lipinski definition) is 6. The number of hydrogen-bond donors (Lipinski definition) is 1. The molecule has 0 saturated carbocycles. The number of aromatic nitrogens is 3. The molecule has 0 bridgehead atoms. The molecule has 2 saturated heterocycles. The second-order valence-electron chi connectivity index (χ2n) is 7.72. The van der Waals surface area contributed by atoms with E-state index >= 15 is 0 Å². The van der Waals surface area contributed by atoms with Gasteiger partial charge in [-0.15, -0.1) is 0 Å². The molecule has 9 nitrogen and oxygen atoms in total. The molecule has 1 aromatic heterocycles. The molecule has 3 heterocycles. The third-order valence-corrected chi connectivity index (χ3v) is 5.88. The van der Waals surface area contributed by atoms with Crippen molar-refractivity contribution < 1.29 is 19.4 Å². The number of carboxylic acids is 1. The van der Waals surface area contributed by atoms with Crippen LogP contribution in [-0.4, -0.2) is 88.0 Å². The maximum absolute atomic E-state index is 12.7. The largest absolute Gasteiger partial charge is 0.481 e. The number of ether oxygens (including phenoxy) is 1. The lowest BCUT2D eigenvalue weighted by atomic mass is 9.77. The van der Waals surface area contributed by atoms with Gasteiger partial charge in [-0.2, -0.15) is 5.10 Å². The Morgan fingerprint density at radius 2 is 2.11 bits per heavy atom. The van der Waals surface area contributed by atoms with E-state index in [1.807, 2.05) is 4.90 Å². The van der Waals surface area contributed by atoms with Gasteiger partial charge in [-0.05, 0) is 18.8 Å². The van der Waals surface area contributed by atoms with Crippen molar-refractivity contribution in [3.05, 3.63) is 12.7 Å². The van der Waals surface area contributed by atoms with Crippen LogP contribution in [0.15, 0.2) is 12.7 Å². The highest BCUT2D eigenvalue weighted by Gasteiger charge is 2.52. The molecule has 2 aliphatic rings. The molecule has 1 N–H and O–H groups in total. The van der Waals surface area contributed by atoms with Crippen LogP contribution >= 0.6 is 0 Å². The highest BCUT2D eigenvalue weighted by Crippen LogP contribution is 2.46. The van der Waals surface area contributed by atoms with Crippen LogP contribution < -0.4 is 0 Å². The number of carbonyl (C=O) groups excluding carboxylic acids is 1. The van der Waals surface area contributed by atoms with Crippen LogP contribution in [0.2, 0.25) is 0 Å². The minimum atomic E-state index is -0.768. The second-order valence-corrected chi connectivity index (χ2v) is 7.72. The van der Waals surface area contributed by atoms with Crippen LogP contribution in [0.1, 0.15) is 25.7 Å². The smallest absolute Gasteiger partial charge is 0.303 e. The predicted octanol–water partition coefficient (Wildman–Crippen LogP) is 0.330. The Morgan fingerprint density at radius 3 is 2.81 bits per heavy atom. The third kappa shape index (κ3) is 4.84. The van der Waals surface area contributed by atoms with Crippen molar-refractivity contribution >= 4 is 11.9 Å². The summed E-state index contributed by atoms with van der Waals surface area (Å²) in [6.07, 6.45) is 5.13. The summed E-state index contributed by atoms with van der Waals surface area (Å²) >= 11 is 0. The summed E-state index contributed by atoms with van der Waals surface area (Å²) in [7, 11) is 1.69. The first-order valence-electron chi connectivity index (χ1n) is 9.56.